The third-order valence-corrected chi connectivity index (χ3v) is 5.08. The molecule has 0 amide bonds. The summed E-state index contributed by atoms with van der Waals surface area (Å²) in [6, 6.07) is 18.9. The van der Waals surface area contributed by atoms with Gasteiger partial charge in [-0.05, 0) is 35.1 Å². The number of hydrogen-bond donors (Lipinski definition) is 0. The van der Waals surface area contributed by atoms with Crippen molar-refractivity contribution < 1.29 is 4.74 Å². The van der Waals surface area contributed by atoms with Crippen LogP contribution in [0.1, 0.15) is 70.1 Å². The predicted molar refractivity (Wildman–Crippen MR) is 109 cm³/mol. The molecule has 0 heterocycles. The van der Waals surface area contributed by atoms with Gasteiger partial charge in [0.25, 0.3) is 0 Å². The van der Waals surface area contributed by atoms with Gasteiger partial charge in [0.15, 0.2) is 0 Å². The second kappa shape index (κ2) is 9.87. The van der Waals surface area contributed by atoms with Gasteiger partial charge in [-0.3, -0.25) is 0 Å². The molecule has 0 aliphatic carbocycles. The Morgan fingerprint density at radius 1 is 0.960 bits per heavy atom. The number of alkyl halides is 1. The van der Waals surface area contributed by atoms with Gasteiger partial charge in [0, 0.05) is 12.3 Å². The van der Waals surface area contributed by atoms with Gasteiger partial charge in [-0.2, -0.15) is 0 Å². The molecule has 2 aromatic rings. The van der Waals surface area contributed by atoms with E-state index >= 15 is 0 Å². The van der Waals surface area contributed by atoms with Crippen molar-refractivity contribution in [2.24, 2.45) is 0 Å². The third kappa shape index (κ3) is 6.08. The van der Waals surface area contributed by atoms with Gasteiger partial charge >= 0.3 is 0 Å². The number of hydrogen-bond acceptors (Lipinski definition) is 1. The SMILES string of the molecule is CCCCCC(C)(C)c1ccc(OC(CCCl)c2ccccc2)cc1. The molecule has 0 fully saturated rings. The van der Waals surface area contributed by atoms with Gasteiger partial charge in [0.1, 0.15) is 11.9 Å². The molecule has 136 valence electrons. The van der Waals surface area contributed by atoms with Gasteiger partial charge in [0.2, 0.25) is 0 Å². The van der Waals surface area contributed by atoms with Crippen molar-refractivity contribution in [1.82, 2.24) is 0 Å². The minimum Gasteiger partial charge on any atom is -0.486 e. The van der Waals surface area contributed by atoms with Crippen LogP contribution in [0.3, 0.4) is 0 Å². The summed E-state index contributed by atoms with van der Waals surface area (Å²) in [5.41, 5.74) is 2.76. The molecule has 2 rings (SSSR count). The van der Waals surface area contributed by atoms with Crippen LogP contribution in [0, 0.1) is 0 Å². The molecule has 2 heteroatoms. The standard InChI is InChI=1S/C23H31ClO/c1-4-5-9-17-23(2,3)20-12-14-21(15-13-20)25-22(16-18-24)19-10-7-6-8-11-19/h6-8,10-15,22H,4-5,9,16-18H2,1-3H3. The summed E-state index contributed by atoms with van der Waals surface area (Å²) < 4.78 is 6.22. The zero-order valence-corrected chi connectivity index (χ0v) is 16.6. The summed E-state index contributed by atoms with van der Waals surface area (Å²) in [5.74, 6) is 1.49. The molecule has 1 atom stereocenters. The Morgan fingerprint density at radius 2 is 1.64 bits per heavy atom. The molecule has 0 aliphatic rings. The predicted octanol–water partition coefficient (Wildman–Crippen LogP) is 7.29. The van der Waals surface area contributed by atoms with Crippen LogP contribution in [0.5, 0.6) is 5.75 Å². The minimum absolute atomic E-state index is 0.00196. The zero-order valence-electron chi connectivity index (χ0n) is 15.8. The molecule has 1 nitrogen and oxygen atoms in total. The monoisotopic (exact) mass is 358 g/mol. The maximum atomic E-state index is 6.22. The maximum Gasteiger partial charge on any atom is 0.125 e. The summed E-state index contributed by atoms with van der Waals surface area (Å²) in [6.07, 6.45) is 5.89. The summed E-state index contributed by atoms with van der Waals surface area (Å²) in [4.78, 5) is 0. The average molecular weight is 359 g/mol. The first-order chi connectivity index (χ1) is 12.1. The quantitative estimate of drug-likeness (QED) is 0.320. The highest BCUT2D eigenvalue weighted by Gasteiger charge is 2.20. The van der Waals surface area contributed by atoms with E-state index in [0.717, 1.165) is 12.2 Å². The highest BCUT2D eigenvalue weighted by molar-refractivity contribution is 6.17. The normalized spacial score (nSPS) is 12.8. The van der Waals surface area contributed by atoms with E-state index in [4.69, 9.17) is 16.3 Å². The van der Waals surface area contributed by atoms with Gasteiger partial charge in [-0.15, -0.1) is 11.6 Å². The third-order valence-electron chi connectivity index (χ3n) is 4.86. The van der Waals surface area contributed by atoms with Crippen LogP contribution in [0.2, 0.25) is 0 Å². The molecule has 0 N–H and O–H groups in total. The Bertz CT molecular complexity index is 604. The van der Waals surface area contributed by atoms with E-state index in [1.165, 1.54) is 36.8 Å². The van der Waals surface area contributed by atoms with E-state index in [9.17, 15) is 0 Å². The van der Waals surface area contributed by atoms with Crippen molar-refractivity contribution in [2.75, 3.05) is 5.88 Å². The van der Waals surface area contributed by atoms with Gasteiger partial charge in [0.05, 0.1) is 0 Å². The molecule has 0 saturated carbocycles. The fourth-order valence-electron chi connectivity index (χ4n) is 3.17. The number of halogens is 1. The number of rotatable bonds is 10. The second-order valence-corrected chi connectivity index (χ2v) is 7.74. The molecule has 0 spiro atoms. The van der Waals surface area contributed by atoms with Crippen molar-refractivity contribution in [1.29, 1.82) is 0 Å². The van der Waals surface area contributed by atoms with Crippen molar-refractivity contribution >= 4 is 11.6 Å². The number of ether oxygens (including phenoxy) is 1. The first-order valence-corrected chi connectivity index (χ1v) is 9.98. The summed E-state index contributed by atoms with van der Waals surface area (Å²) in [6.45, 7) is 6.92. The molecule has 25 heavy (non-hydrogen) atoms. The fourth-order valence-corrected chi connectivity index (χ4v) is 3.37. The Kier molecular flexibility index (Phi) is 7.84. The molecular weight excluding hydrogens is 328 g/mol. The van der Waals surface area contributed by atoms with E-state index in [1.54, 1.807) is 0 Å². The topological polar surface area (TPSA) is 9.23 Å². The van der Waals surface area contributed by atoms with Crippen molar-refractivity contribution in [2.45, 2.75) is 64.4 Å². The molecule has 0 bridgehead atoms. The lowest BCUT2D eigenvalue weighted by Crippen LogP contribution is -2.17. The highest BCUT2D eigenvalue weighted by atomic mass is 35.5. The van der Waals surface area contributed by atoms with Crippen LogP contribution < -0.4 is 4.74 Å². The zero-order chi connectivity index (χ0) is 18.1. The lowest BCUT2D eigenvalue weighted by Gasteiger charge is -2.26. The molecule has 0 aliphatic heterocycles. The van der Waals surface area contributed by atoms with Gasteiger partial charge in [-0.25, -0.2) is 0 Å². The highest BCUT2D eigenvalue weighted by Crippen LogP contribution is 2.32. The largest absolute Gasteiger partial charge is 0.486 e. The lowest BCUT2D eigenvalue weighted by molar-refractivity contribution is 0.202. The van der Waals surface area contributed by atoms with E-state index < -0.39 is 0 Å². The summed E-state index contributed by atoms with van der Waals surface area (Å²) in [7, 11) is 0. The van der Waals surface area contributed by atoms with Gasteiger partial charge < -0.3 is 4.74 Å². The Morgan fingerprint density at radius 3 is 2.24 bits per heavy atom. The maximum absolute atomic E-state index is 6.22. The van der Waals surface area contributed by atoms with E-state index in [2.05, 4.69) is 57.2 Å². The number of unbranched alkanes of at least 4 members (excludes halogenated alkanes) is 2. The van der Waals surface area contributed by atoms with Crippen molar-refractivity contribution in [3.05, 3.63) is 65.7 Å². The smallest absolute Gasteiger partial charge is 0.125 e. The molecule has 2 aromatic carbocycles. The van der Waals surface area contributed by atoms with E-state index in [-0.39, 0.29) is 11.5 Å². The Balaban J connectivity index is 2.05. The Labute approximate surface area is 158 Å². The van der Waals surface area contributed by atoms with Gasteiger partial charge in [-0.1, -0.05) is 82.5 Å². The number of benzene rings is 2. The first kappa shape index (κ1) is 19.8. The van der Waals surface area contributed by atoms with Crippen LogP contribution in [-0.4, -0.2) is 5.88 Å². The molecule has 0 radical (unpaired) electrons. The molecule has 1 unspecified atom stereocenters. The van der Waals surface area contributed by atoms with Crippen LogP contribution in [0.25, 0.3) is 0 Å². The minimum atomic E-state index is 0.00196. The first-order valence-electron chi connectivity index (χ1n) is 9.45. The summed E-state index contributed by atoms with van der Waals surface area (Å²) >= 11 is 5.98. The van der Waals surface area contributed by atoms with Crippen LogP contribution in [0.15, 0.2) is 54.6 Å². The lowest BCUT2D eigenvalue weighted by atomic mass is 9.80. The van der Waals surface area contributed by atoms with Crippen LogP contribution in [0.4, 0.5) is 0 Å². The summed E-state index contributed by atoms with van der Waals surface area (Å²) in [5, 5.41) is 0. The van der Waals surface area contributed by atoms with Crippen molar-refractivity contribution in [3.8, 4) is 5.75 Å². The second-order valence-electron chi connectivity index (χ2n) is 7.36. The van der Waals surface area contributed by atoms with Crippen molar-refractivity contribution in [3.63, 3.8) is 0 Å². The van der Waals surface area contributed by atoms with Crippen LogP contribution in [-0.2, 0) is 5.41 Å². The molecule has 0 aromatic heterocycles. The van der Waals surface area contributed by atoms with E-state index in [1.807, 2.05) is 18.2 Å². The average Bonchev–Trinajstić information content (AvgIpc) is 2.63. The molecular formula is C23H31ClO. The van der Waals surface area contributed by atoms with E-state index in [0.29, 0.717) is 5.88 Å². The van der Waals surface area contributed by atoms with Crippen LogP contribution >= 0.6 is 11.6 Å². The molecule has 0 saturated heterocycles. The Hall–Kier alpha value is -1.47. The fraction of sp³-hybridized carbons (Fsp3) is 0.478.